The number of rotatable bonds is 3. The van der Waals surface area contributed by atoms with Crippen LogP contribution in [0, 0.1) is 5.41 Å². The van der Waals surface area contributed by atoms with Crippen molar-refractivity contribution in [3.63, 3.8) is 0 Å². The number of carbonyl (C=O) groups is 1. The number of nitrogens with two attached hydrogens (primary N) is 1. The van der Waals surface area contributed by atoms with Crippen molar-refractivity contribution in [3.05, 3.63) is 17.7 Å². The van der Waals surface area contributed by atoms with Gasteiger partial charge in [0.2, 0.25) is 6.79 Å². The van der Waals surface area contributed by atoms with E-state index in [0.717, 1.165) is 0 Å². The first kappa shape index (κ1) is 14.0. The van der Waals surface area contributed by atoms with Gasteiger partial charge in [0.1, 0.15) is 0 Å². The molecule has 1 heterocycles. The lowest BCUT2D eigenvalue weighted by molar-refractivity contribution is 0.0919. The molecule has 5 nitrogen and oxygen atoms in total. The van der Waals surface area contributed by atoms with Crippen LogP contribution in [0.1, 0.15) is 49.4 Å². The van der Waals surface area contributed by atoms with E-state index >= 15 is 0 Å². The van der Waals surface area contributed by atoms with Crippen LogP contribution in [0.2, 0.25) is 0 Å². The predicted molar refractivity (Wildman–Crippen MR) is 80.5 cm³/mol. The number of ether oxygens (including phenoxy) is 2. The van der Waals surface area contributed by atoms with Gasteiger partial charge in [0.05, 0.1) is 5.56 Å². The van der Waals surface area contributed by atoms with E-state index in [1.165, 1.54) is 32.1 Å². The first-order valence-corrected chi connectivity index (χ1v) is 7.55. The molecule has 0 spiro atoms. The zero-order valence-electron chi connectivity index (χ0n) is 12.4. The molecule has 1 aliphatic heterocycles. The van der Waals surface area contributed by atoms with Gasteiger partial charge < -0.3 is 20.5 Å². The Bertz CT molecular complexity index is 551. The first-order chi connectivity index (χ1) is 10.1. The number of fused-ring (bicyclic) bond motifs is 1. The minimum atomic E-state index is -0.141. The van der Waals surface area contributed by atoms with Gasteiger partial charge in [-0.2, -0.15) is 0 Å². The topological polar surface area (TPSA) is 73.6 Å². The van der Waals surface area contributed by atoms with Crippen molar-refractivity contribution in [2.75, 3.05) is 19.1 Å². The molecule has 1 aromatic carbocycles. The highest BCUT2D eigenvalue weighted by Crippen LogP contribution is 2.37. The molecule has 1 amide bonds. The smallest absolute Gasteiger partial charge is 0.253 e. The molecule has 0 atom stereocenters. The predicted octanol–water partition coefficient (Wildman–Crippen LogP) is 2.70. The fourth-order valence-electron chi connectivity index (χ4n) is 3.13. The van der Waals surface area contributed by atoms with Crippen molar-refractivity contribution < 1.29 is 14.3 Å². The van der Waals surface area contributed by atoms with Gasteiger partial charge in [-0.3, -0.25) is 4.79 Å². The van der Waals surface area contributed by atoms with Gasteiger partial charge in [0, 0.05) is 18.3 Å². The Hall–Kier alpha value is -1.91. The number of benzene rings is 1. The lowest BCUT2D eigenvalue weighted by atomic mass is 9.76. The van der Waals surface area contributed by atoms with E-state index in [1.807, 2.05) is 0 Å². The lowest BCUT2D eigenvalue weighted by Gasteiger charge is -2.33. The second kappa shape index (κ2) is 5.47. The summed E-state index contributed by atoms with van der Waals surface area (Å²) in [5.41, 5.74) is 7.03. The molecule has 1 saturated carbocycles. The van der Waals surface area contributed by atoms with E-state index in [4.69, 9.17) is 15.2 Å². The molecule has 114 valence electrons. The van der Waals surface area contributed by atoms with E-state index in [1.54, 1.807) is 12.1 Å². The summed E-state index contributed by atoms with van der Waals surface area (Å²) in [6.07, 6.45) is 6.14. The average Bonchev–Trinajstić information content (AvgIpc) is 2.92. The fraction of sp³-hybridized carbons (Fsp3) is 0.562. The molecule has 21 heavy (non-hydrogen) atoms. The summed E-state index contributed by atoms with van der Waals surface area (Å²) in [5.74, 6) is 1.04. The Balaban J connectivity index is 1.68. The largest absolute Gasteiger partial charge is 0.454 e. The van der Waals surface area contributed by atoms with Crippen LogP contribution in [0.25, 0.3) is 0 Å². The van der Waals surface area contributed by atoms with Gasteiger partial charge >= 0.3 is 0 Å². The van der Waals surface area contributed by atoms with Gasteiger partial charge in [-0.1, -0.05) is 26.2 Å². The van der Waals surface area contributed by atoms with Crippen molar-refractivity contribution in [2.24, 2.45) is 5.41 Å². The van der Waals surface area contributed by atoms with E-state index in [-0.39, 0.29) is 18.1 Å². The molecule has 1 aliphatic carbocycles. The van der Waals surface area contributed by atoms with Crippen LogP contribution < -0.4 is 20.5 Å². The molecular formula is C16H22N2O3. The van der Waals surface area contributed by atoms with E-state index in [2.05, 4.69) is 12.2 Å². The van der Waals surface area contributed by atoms with Crippen LogP contribution in [-0.2, 0) is 0 Å². The van der Waals surface area contributed by atoms with Crippen molar-refractivity contribution >= 4 is 11.6 Å². The van der Waals surface area contributed by atoms with Gasteiger partial charge in [-0.15, -0.1) is 0 Å². The Labute approximate surface area is 124 Å². The van der Waals surface area contributed by atoms with Crippen molar-refractivity contribution in [1.29, 1.82) is 0 Å². The molecule has 1 aromatic rings. The summed E-state index contributed by atoms with van der Waals surface area (Å²) in [7, 11) is 0. The molecule has 1 fully saturated rings. The number of amides is 1. The van der Waals surface area contributed by atoms with Crippen LogP contribution in [0.5, 0.6) is 11.5 Å². The third kappa shape index (κ3) is 2.91. The minimum absolute atomic E-state index is 0.141. The average molecular weight is 290 g/mol. The fourth-order valence-corrected chi connectivity index (χ4v) is 3.13. The van der Waals surface area contributed by atoms with E-state index in [0.29, 0.717) is 29.3 Å². The summed E-state index contributed by atoms with van der Waals surface area (Å²) >= 11 is 0. The highest BCUT2D eigenvalue weighted by molar-refractivity contribution is 6.00. The third-order valence-corrected chi connectivity index (χ3v) is 4.53. The zero-order chi connectivity index (χ0) is 14.9. The van der Waals surface area contributed by atoms with Crippen molar-refractivity contribution in [2.45, 2.75) is 39.0 Å². The number of carbonyl (C=O) groups excluding carboxylic acids is 1. The van der Waals surface area contributed by atoms with Crippen molar-refractivity contribution in [1.82, 2.24) is 5.32 Å². The highest BCUT2D eigenvalue weighted by atomic mass is 16.7. The van der Waals surface area contributed by atoms with Crippen LogP contribution in [0.4, 0.5) is 5.69 Å². The quantitative estimate of drug-likeness (QED) is 0.839. The van der Waals surface area contributed by atoms with Crippen molar-refractivity contribution in [3.8, 4) is 11.5 Å². The molecule has 5 heteroatoms. The Morgan fingerprint density at radius 3 is 2.62 bits per heavy atom. The van der Waals surface area contributed by atoms with Crippen LogP contribution in [-0.4, -0.2) is 19.2 Å². The Morgan fingerprint density at radius 1 is 1.24 bits per heavy atom. The zero-order valence-corrected chi connectivity index (χ0v) is 12.4. The van der Waals surface area contributed by atoms with Crippen LogP contribution in [0.15, 0.2) is 12.1 Å². The summed E-state index contributed by atoms with van der Waals surface area (Å²) in [4.78, 5) is 12.4. The van der Waals surface area contributed by atoms with Crippen LogP contribution in [0.3, 0.4) is 0 Å². The number of anilines is 1. The molecule has 0 unspecified atom stereocenters. The highest BCUT2D eigenvalue weighted by Gasteiger charge is 2.28. The SMILES string of the molecule is CC1(CNC(=O)c2cc3c(cc2N)OCO3)CCCCC1. The summed E-state index contributed by atoms with van der Waals surface area (Å²) < 4.78 is 10.6. The van der Waals surface area contributed by atoms with Gasteiger partial charge in [0.15, 0.2) is 11.5 Å². The second-order valence-corrected chi connectivity index (χ2v) is 6.35. The molecule has 2 aliphatic rings. The Morgan fingerprint density at radius 2 is 1.90 bits per heavy atom. The maximum Gasteiger partial charge on any atom is 0.253 e. The normalized spacial score (nSPS) is 19.3. The number of nitrogen functional groups attached to an aromatic ring is 1. The maximum atomic E-state index is 12.4. The number of hydrogen-bond acceptors (Lipinski definition) is 4. The van der Waals surface area contributed by atoms with Gasteiger partial charge in [-0.25, -0.2) is 0 Å². The van der Waals surface area contributed by atoms with E-state index in [9.17, 15) is 4.79 Å². The van der Waals surface area contributed by atoms with Gasteiger partial charge in [-0.05, 0) is 24.3 Å². The third-order valence-electron chi connectivity index (χ3n) is 4.53. The minimum Gasteiger partial charge on any atom is -0.454 e. The molecule has 0 saturated heterocycles. The summed E-state index contributed by atoms with van der Waals surface area (Å²) in [6, 6.07) is 3.32. The molecule has 0 aromatic heterocycles. The monoisotopic (exact) mass is 290 g/mol. The Kier molecular flexibility index (Phi) is 3.66. The molecule has 0 radical (unpaired) electrons. The van der Waals surface area contributed by atoms with Crippen LogP contribution >= 0.6 is 0 Å². The molecule has 3 rings (SSSR count). The van der Waals surface area contributed by atoms with E-state index < -0.39 is 0 Å². The standard InChI is InChI=1S/C16H22N2O3/c1-16(5-3-2-4-6-16)9-18-15(19)11-7-13-14(8-12(11)17)21-10-20-13/h7-8H,2-6,9-10,17H2,1H3,(H,18,19). The molecule has 3 N–H and O–H groups in total. The maximum absolute atomic E-state index is 12.4. The molecule has 0 bridgehead atoms. The second-order valence-electron chi connectivity index (χ2n) is 6.35. The number of hydrogen-bond donors (Lipinski definition) is 2. The first-order valence-electron chi connectivity index (χ1n) is 7.55. The number of nitrogens with one attached hydrogen (secondary N) is 1. The summed E-state index contributed by atoms with van der Waals surface area (Å²) in [5, 5.41) is 3.03. The lowest BCUT2D eigenvalue weighted by Crippen LogP contribution is -2.37. The summed E-state index contributed by atoms with van der Waals surface area (Å²) in [6.45, 7) is 3.12. The van der Waals surface area contributed by atoms with Gasteiger partial charge in [0.25, 0.3) is 5.91 Å². The molecular weight excluding hydrogens is 268 g/mol.